The van der Waals surface area contributed by atoms with Gasteiger partial charge < -0.3 is 0 Å². The molecule has 3 rings (SSSR count). The lowest BCUT2D eigenvalue weighted by Crippen LogP contribution is -2.08. The monoisotopic (exact) mass is 444 g/mol. The van der Waals surface area contributed by atoms with E-state index in [0.717, 1.165) is 32.7 Å². The topological polar surface area (TPSA) is 53.8 Å². The molecule has 1 aromatic heterocycles. The van der Waals surface area contributed by atoms with Crippen LogP contribution in [0.15, 0.2) is 83.9 Å². The number of halogens is 1. The highest BCUT2D eigenvalue weighted by molar-refractivity contribution is 7.85. The lowest BCUT2D eigenvalue weighted by Gasteiger charge is -2.17. The summed E-state index contributed by atoms with van der Waals surface area (Å²) >= 11 is 0. The van der Waals surface area contributed by atoms with Crippen molar-refractivity contribution >= 4 is 16.9 Å². The predicted octanol–water partition coefficient (Wildman–Crippen LogP) is 6.59. The molecule has 0 aliphatic rings. The van der Waals surface area contributed by atoms with Crippen LogP contribution in [0.4, 0.5) is 4.39 Å². The first-order valence-corrected chi connectivity index (χ1v) is 11.6. The van der Waals surface area contributed by atoms with Crippen LogP contribution in [0.2, 0.25) is 0 Å². The summed E-state index contributed by atoms with van der Waals surface area (Å²) in [5.41, 5.74) is 5.35. The molecule has 0 saturated carbocycles. The molecule has 0 aliphatic heterocycles. The molecule has 0 fully saturated rings. The Balaban J connectivity index is 1.94. The number of allylic oxidation sites excluding steroid dienone is 2. The second-order valence-corrected chi connectivity index (χ2v) is 9.25. The van der Waals surface area contributed by atoms with Crippen molar-refractivity contribution < 1.29 is 8.60 Å². The zero-order chi connectivity index (χ0) is 23.1. The second-order valence-electron chi connectivity index (χ2n) is 7.76. The number of aryl methyl sites for hydroxylation is 1. The van der Waals surface area contributed by atoms with E-state index in [1.54, 1.807) is 6.07 Å². The Morgan fingerprint density at radius 2 is 1.97 bits per heavy atom. The minimum absolute atomic E-state index is 0.0126. The molecule has 0 bridgehead atoms. The fourth-order valence-corrected chi connectivity index (χ4v) is 4.60. The number of hydrogen-bond acceptors (Lipinski definition) is 3. The molecule has 1 heterocycles. The summed E-state index contributed by atoms with van der Waals surface area (Å²) in [7, 11) is -1.15. The number of nitriles is 1. The summed E-state index contributed by atoms with van der Waals surface area (Å²) in [6, 6.07) is 18.8. The van der Waals surface area contributed by atoms with Crippen LogP contribution in [0.25, 0.3) is 17.3 Å². The van der Waals surface area contributed by atoms with E-state index in [1.807, 2.05) is 68.5 Å². The maximum atomic E-state index is 13.3. The highest BCUT2D eigenvalue weighted by Gasteiger charge is 2.16. The van der Waals surface area contributed by atoms with Gasteiger partial charge in [-0.15, -0.1) is 0 Å². The van der Waals surface area contributed by atoms with Crippen molar-refractivity contribution in [2.75, 3.05) is 5.75 Å². The zero-order valence-corrected chi connectivity index (χ0v) is 19.0. The fourth-order valence-electron chi connectivity index (χ4n) is 3.33. The number of pyridine rings is 1. The van der Waals surface area contributed by atoms with Crippen molar-refractivity contribution in [2.24, 2.45) is 0 Å². The van der Waals surface area contributed by atoms with Gasteiger partial charge >= 0.3 is 0 Å². The van der Waals surface area contributed by atoms with Crippen molar-refractivity contribution in [1.82, 2.24) is 4.98 Å². The average Bonchev–Trinajstić information content (AvgIpc) is 2.78. The molecule has 5 heteroatoms. The van der Waals surface area contributed by atoms with E-state index in [1.165, 1.54) is 12.3 Å². The van der Waals surface area contributed by atoms with Gasteiger partial charge in [-0.1, -0.05) is 55.5 Å². The van der Waals surface area contributed by atoms with Crippen LogP contribution in [-0.4, -0.2) is 14.9 Å². The van der Waals surface area contributed by atoms with Gasteiger partial charge in [0.25, 0.3) is 0 Å². The third-order valence-electron chi connectivity index (χ3n) is 5.13. The normalized spacial score (nSPS) is 12.9. The highest BCUT2D eigenvalue weighted by atomic mass is 32.2. The third kappa shape index (κ3) is 6.09. The molecule has 1 unspecified atom stereocenters. The standard InChI is InChI=1S/C27H25FN2OS/c1-19-5-11-25(12-6-19)32(31)18-21(3)26-16-23(27-13-10-24(28)17-30-27)9-8-22(26)7-4-20(2)14-15-29/h4-13,16-17,21H,2,14,18H2,1,3H3/b7-4+/t21-,32?/m0/s1. The summed E-state index contributed by atoms with van der Waals surface area (Å²) in [4.78, 5) is 4.99. The van der Waals surface area contributed by atoms with Crippen LogP contribution in [0, 0.1) is 24.1 Å². The first-order chi connectivity index (χ1) is 15.4. The van der Waals surface area contributed by atoms with E-state index in [4.69, 9.17) is 5.26 Å². The molecule has 0 aliphatic carbocycles. The largest absolute Gasteiger partial charge is 0.254 e. The van der Waals surface area contributed by atoms with Gasteiger partial charge in [0.15, 0.2) is 0 Å². The number of nitrogens with zero attached hydrogens (tertiary/aromatic N) is 2. The van der Waals surface area contributed by atoms with E-state index in [9.17, 15) is 8.60 Å². The molecule has 3 aromatic rings. The van der Waals surface area contributed by atoms with Crippen LogP contribution >= 0.6 is 0 Å². The van der Waals surface area contributed by atoms with Gasteiger partial charge in [-0.2, -0.15) is 5.26 Å². The number of rotatable bonds is 8. The summed E-state index contributed by atoms with van der Waals surface area (Å²) in [6.07, 6.45) is 5.23. The van der Waals surface area contributed by atoms with Crippen LogP contribution in [0.3, 0.4) is 0 Å². The van der Waals surface area contributed by atoms with Gasteiger partial charge in [-0.25, -0.2) is 4.39 Å². The minimum atomic E-state index is -1.15. The molecule has 0 saturated heterocycles. The SMILES string of the molecule is C=C(/C=C/c1ccc(-c2ccc(F)cn2)cc1[C@@H](C)CS(=O)c1ccc(C)cc1)CC#N. The van der Waals surface area contributed by atoms with E-state index < -0.39 is 10.8 Å². The molecule has 32 heavy (non-hydrogen) atoms. The molecule has 3 nitrogen and oxygen atoms in total. The number of hydrogen-bond donors (Lipinski definition) is 0. The summed E-state index contributed by atoms with van der Waals surface area (Å²) in [5, 5.41) is 8.87. The highest BCUT2D eigenvalue weighted by Crippen LogP contribution is 2.29. The Hall–Kier alpha value is -3.36. The van der Waals surface area contributed by atoms with Crippen molar-refractivity contribution in [3.8, 4) is 17.3 Å². The van der Waals surface area contributed by atoms with Crippen molar-refractivity contribution in [3.63, 3.8) is 0 Å². The molecule has 0 N–H and O–H groups in total. The van der Waals surface area contributed by atoms with Crippen molar-refractivity contribution in [1.29, 1.82) is 5.26 Å². The molecule has 162 valence electrons. The smallest absolute Gasteiger partial charge is 0.141 e. The summed E-state index contributed by atoms with van der Waals surface area (Å²) in [5.74, 6) is 0.0661. The predicted molar refractivity (Wildman–Crippen MR) is 129 cm³/mol. The minimum Gasteiger partial charge on any atom is -0.254 e. The molecule has 0 spiro atoms. The van der Waals surface area contributed by atoms with Crippen molar-refractivity contribution in [3.05, 3.63) is 102 Å². The van der Waals surface area contributed by atoms with E-state index in [0.29, 0.717) is 11.4 Å². The van der Waals surface area contributed by atoms with E-state index in [-0.39, 0.29) is 18.2 Å². The van der Waals surface area contributed by atoms with Gasteiger partial charge in [0.2, 0.25) is 0 Å². The van der Waals surface area contributed by atoms with Gasteiger partial charge in [-0.3, -0.25) is 9.19 Å². The van der Waals surface area contributed by atoms with Gasteiger partial charge in [0, 0.05) is 16.2 Å². The van der Waals surface area contributed by atoms with Crippen LogP contribution < -0.4 is 0 Å². The average molecular weight is 445 g/mol. The van der Waals surface area contributed by atoms with E-state index in [2.05, 4.69) is 17.6 Å². The zero-order valence-electron chi connectivity index (χ0n) is 18.2. The quantitative estimate of drug-likeness (QED) is 0.368. The van der Waals surface area contributed by atoms with Crippen LogP contribution in [0.1, 0.15) is 36.0 Å². The molecule has 2 aromatic carbocycles. The van der Waals surface area contributed by atoms with Crippen molar-refractivity contribution in [2.45, 2.75) is 31.1 Å². The Morgan fingerprint density at radius 1 is 1.22 bits per heavy atom. The maximum Gasteiger partial charge on any atom is 0.141 e. The van der Waals surface area contributed by atoms with Gasteiger partial charge in [0.1, 0.15) is 5.82 Å². The first kappa shape index (κ1) is 23.3. The summed E-state index contributed by atoms with van der Waals surface area (Å²) < 4.78 is 26.3. The molecule has 0 radical (unpaired) electrons. The molecular weight excluding hydrogens is 419 g/mol. The third-order valence-corrected chi connectivity index (χ3v) is 6.73. The van der Waals surface area contributed by atoms with E-state index >= 15 is 0 Å². The first-order valence-electron chi connectivity index (χ1n) is 10.3. The molecule has 0 amide bonds. The Labute approximate surface area is 191 Å². The number of benzene rings is 2. The fraction of sp³-hybridized carbons (Fsp3) is 0.185. The lowest BCUT2D eigenvalue weighted by molar-refractivity contribution is 0.622. The Morgan fingerprint density at radius 3 is 2.62 bits per heavy atom. The summed E-state index contributed by atoms with van der Waals surface area (Å²) in [6.45, 7) is 7.95. The maximum absolute atomic E-state index is 13.3. The lowest BCUT2D eigenvalue weighted by atomic mass is 9.93. The van der Waals surface area contributed by atoms with Gasteiger partial charge in [0.05, 0.1) is 35.2 Å². The Kier molecular flexibility index (Phi) is 7.86. The van der Waals surface area contributed by atoms with Crippen LogP contribution in [-0.2, 0) is 10.8 Å². The number of aromatic nitrogens is 1. The van der Waals surface area contributed by atoms with Gasteiger partial charge in [-0.05, 0) is 59.9 Å². The van der Waals surface area contributed by atoms with Crippen LogP contribution in [0.5, 0.6) is 0 Å². The molecular formula is C27H25FN2OS. The molecule has 2 atom stereocenters. The Bertz CT molecular complexity index is 1190. The second kappa shape index (κ2) is 10.8.